The minimum absolute atomic E-state index is 0.883. The van der Waals surface area contributed by atoms with Crippen LogP contribution >= 0.6 is 0 Å². The highest BCUT2D eigenvalue weighted by atomic mass is 29.3. The van der Waals surface area contributed by atoms with Gasteiger partial charge in [0.1, 0.15) is 0 Å². The molecule has 0 aromatic heterocycles. The molecule has 1 aromatic rings. The molecule has 0 nitrogen and oxygen atoms in total. The Labute approximate surface area is 182 Å². The molecule has 0 bridgehead atoms. The fourth-order valence-electron chi connectivity index (χ4n) is 9.10. The third-order valence-corrected chi connectivity index (χ3v) is 32.1. The number of benzene rings is 1. The SMILES string of the molecule is C[Si](C)(C1CCCC1)[Si](C)(C)C1CCC2C1CC1CCCC1C2c1ccccc1. The molecule has 0 saturated heterocycles. The van der Waals surface area contributed by atoms with E-state index < -0.39 is 15.2 Å². The van der Waals surface area contributed by atoms with E-state index in [4.69, 9.17) is 0 Å². The van der Waals surface area contributed by atoms with Crippen LogP contribution in [0.3, 0.4) is 0 Å². The van der Waals surface area contributed by atoms with E-state index in [0.29, 0.717) is 0 Å². The summed E-state index contributed by atoms with van der Waals surface area (Å²) in [6, 6.07) is 11.8. The molecule has 2 heteroatoms. The van der Waals surface area contributed by atoms with Gasteiger partial charge in [-0.05, 0) is 65.5 Å². The third-order valence-electron chi connectivity index (χ3n) is 11.2. The van der Waals surface area contributed by atoms with Gasteiger partial charge in [0.15, 0.2) is 0 Å². The molecule has 0 amide bonds. The summed E-state index contributed by atoms with van der Waals surface area (Å²) in [4.78, 5) is 0. The fourth-order valence-corrected chi connectivity index (χ4v) is 23.3. The predicted octanol–water partition coefficient (Wildman–Crippen LogP) is 8.43. The molecule has 0 spiro atoms. The molecule has 5 rings (SSSR count). The largest absolute Gasteiger partial charge is 0.0711 e. The standard InChI is InChI=1S/C27H44Si2/c1-28(2,22-14-8-9-15-22)29(3,4)26-18-17-24-25(26)19-21-13-10-16-23(21)27(24)20-11-6-5-7-12-20/h5-7,11-12,21-27H,8-10,13-19H2,1-4H3. The Morgan fingerprint density at radius 3 is 2.10 bits per heavy atom. The summed E-state index contributed by atoms with van der Waals surface area (Å²) in [5, 5.41) is 0. The molecule has 4 saturated carbocycles. The lowest BCUT2D eigenvalue weighted by atomic mass is 9.62. The van der Waals surface area contributed by atoms with Crippen molar-refractivity contribution in [3.63, 3.8) is 0 Å². The first-order valence-electron chi connectivity index (χ1n) is 13.0. The van der Waals surface area contributed by atoms with Crippen LogP contribution in [0, 0.1) is 23.7 Å². The van der Waals surface area contributed by atoms with E-state index >= 15 is 0 Å². The van der Waals surface area contributed by atoms with Crippen molar-refractivity contribution < 1.29 is 0 Å². The van der Waals surface area contributed by atoms with Gasteiger partial charge < -0.3 is 0 Å². The summed E-state index contributed by atoms with van der Waals surface area (Å²) in [5.41, 5.74) is 3.98. The Bertz CT molecular complexity index is 703. The molecule has 4 aliphatic carbocycles. The van der Waals surface area contributed by atoms with Crippen LogP contribution in [-0.2, 0) is 0 Å². The smallest absolute Gasteiger partial charge is 0.0448 e. The van der Waals surface area contributed by atoms with E-state index in [1.54, 1.807) is 37.7 Å². The molecule has 1 aromatic carbocycles. The first-order chi connectivity index (χ1) is 13.9. The van der Waals surface area contributed by atoms with Gasteiger partial charge in [0.2, 0.25) is 0 Å². The van der Waals surface area contributed by atoms with Crippen molar-refractivity contribution in [2.45, 2.75) is 107 Å². The first kappa shape index (κ1) is 20.6. The number of hydrogen-bond acceptors (Lipinski definition) is 0. The Hall–Kier alpha value is -0.346. The van der Waals surface area contributed by atoms with Crippen LogP contribution in [-0.4, -0.2) is 15.2 Å². The van der Waals surface area contributed by atoms with Crippen LogP contribution in [0.2, 0.25) is 37.3 Å². The maximum atomic E-state index is 2.88. The Morgan fingerprint density at radius 1 is 0.655 bits per heavy atom. The van der Waals surface area contributed by atoms with Gasteiger partial charge in [0.05, 0.1) is 0 Å². The van der Waals surface area contributed by atoms with Gasteiger partial charge in [-0.15, -0.1) is 0 Å². The summed E-state index contributed by atoms with van der Waals surface area (Å²) in [6.45, 7) is 11.4. The van der Waals surface area contributed by atoms with Crippen molar-refractivity contribution in [2.24, 2.45) is 23.7 Å². The average Bonchev–Trinajstić information content (AvgIpc) is 3.46. The van der Waals surface area contributed by atoms with Gasteiger partial charge in [0.25, 0.3) is 0 Å². The van der Waals surface area contributed by atoms with Crippen LogP contribution in [0.25, 0.3) is 0 Å². The minimum Gasteiger partial charge on any atom is -0.0711 e. The van der Waals surface area contributed by atoms with Gasteiger partial charge in [0, 0.05) is 15.2 Å². The van der Waals surface area contributed by atoms with Crippen LogP contribution < -0.4 is 0 Å². The van der Waals surface area contributed by atoms with Crippen molar-refractivity contribution in [2.75, 3.05) is 0 Å². The Kier molecular flexibility index (Phi) is 5.43. The lowest BCUT2D eigenvalue weighted by molar-refractivity contribution is 0.121. The topological polar surface area (TPSA) is 0 Å². The molecular weight excluding hydrogens is 380 g/mol. The molecule has 160 valence electrons. The second-order valence-corrected chi connectivity index (χ2v) is 28.6. The molecule has 4 aliphatic rings. The molecule has 0 heterocycles. The summed E-state index contributed by atoms with van der Waals surface area (Å²) >= 11 is 0. The summed E-state index contributed by atoms with van der Waals surface area (Å²) in [6.07, 6.45) is 15.5. The number of hydrogen-bond donors (Lipinski definition) is 0. The highest BCUT2D eigenvalue weighted by Crippen LogP contribution is 2.64. The van der Waals surface area contributed by atoms with Gasteiger partial charge >= 0.3 is 0 Å². The van der Waals surface area contributed by atoms with Crippen molar-refractivity contribution in [3.8, 4) is 0 Å². The van der Waals surface area contributed by atoms with Gasteiger partial charge in [-0.1, -0.05) is 101 Å². The number of rotatable bonds is 4. The lowest BCUT2D eigenvalue weighted by Gasteiger charge is -2.52. The predicted molar refractivity (Wildman–Crippen MR) is 132 cm³/mol. The van der Waals surface area contributed by atoms with E-state index in [-0.39, 0.29) is 0 Å². The van der Waals surface area contributed by atoms with Crippen molar-refractivity contribution in [1.29, 1.82) is 0 Å². The summed E-state index contributed by atoms with van der Waals surface area (Å²) in [7, 11) is -2.34. The van der Waals surface area contributed by atoms with Crippen LogP contribution in [0.4, 0.5) is 0 Å². The maximum absolute atomic E-state index is 2.88. The molecular formula is C27H44Si2. The highest BCUT2D eigenvalue weighted by Gasteiger charge is 2.59. The molecule has 4 fully saturated rings. The summed E-state index contributed by atoms with van der Waals surface area (Å²) < 4.78 is 0. The summed E-state index contributed by atoms with van der Waals surface area (Å²) in [5.74, 6) is 5.00. The molecule has 6 unspecified atom stereocenters. The van der Waals surface area contributed by atoms with E-state index in [1.807, 2.05) is 0 Å². The number of fused-ring (bicyclic) bond motifs is 2. The van der Waals surface area contributed by atoms with Gasteiger partial charge in [-0.2, -0.15) is 0 Å². The van der Waals surface area contributed by atoms with E-state index in [0.717, 1.165) is 40.7 Å². The van der Waals surface area contributed by atoms with Crippen molar-refractivity contribution in [1.82, 2.24) is 0 Å². The normalized spacial score (nSPS) is 38.2. The van der Waals surface area contributed by atoms with Crippen LogP contribution in [0.5, 0.6) is 0 Å². The quantitative estimate of drug-likeness (QED) is 0.425. The molecule has 0 radical (unpaired) electrons. The molecule has 29 heavy (non-hydrogen) atoms. The fraction of sp³-hybridized carbons (Fsp3) is 0.778. The Balaban J connectivity index is 1.46. The van der Waals surface area contributed by atoms with Crippen LogP contribution in [0.15, 0.2) is 30.3 Å². The van der Waals surface area contributed by atoms with Crippen molar-refractivity contribution in [3.05, 3.63) is 35.9 Å². The molecule has 6 atom stereocenters. The average molecular weight is 425 g/mol. The zero-order valence-electron chi connectivity index (χ0n) is 19.5. The van der Waals surface area contributed by atoms with Gasteiger partial charge in [-0.25, -0.2) is 0 Å². The maximum Gasteiger partial charge on any atom is 0.0448 e. The molecule has 0 aliphatic heterocycles. The van der Waals surface area contributed by atoms with Crippen LogP contribution in [0.1, 0.15) is 75.7 Å². The highest BCUT2D eigenvalue weighted by molar-refractivity contribution is 7.41. The molecule has 0 N–H and O–H groups in total. The lowest BCUT2D eigenvalue weighted by Crippen LogP contribution is -2.61. The van der Waals surface area contributed by atoms with E-state index in [1.165, 1.54) is 32.1 Å². The minimum atomic E-state index is -1.21. The second kappa shape index (κ2) is 7.66. The first-order valence-corrected chi connectivity index (χ1v) is 20.1. The van der Waals surface area contributed by atoms with Gasteiger partial charge in [-0.3, -0.25) is 0 Å². The Morgan fingerprint density at radius 2 is 1.38 bits per heavy atom. The third kappa shape index (κ3) is 3.27. The van der Waals surface area contributed by atoms with Crippen molar-refractivity contribution >= 4 is 15.2 Å². The monoisotopic (exact) mass is 424 g/mol. The van der Waals surface area contributed by atoms with E-state index in [9.17, 15) is 0 Å². The zero-order valence-corrected chi connectivity index (χ0v) is 21.5. The van der Waals surface area contributed by atoms with E-state index in [2.05, 4.69) is 56.5 Å². The zero-order chi connectivity index (χ0) is 20.2. The second-order valence-electron chi connectivity index (χ2n) is 12.5.